The van der Waals surface area contributed by atoms with Gasteiger partial charge in [-0.1, -0.05) is 19.1 Å². The van der Waals surface area contributed by atoms with Gasteiger partial charge >= 0.3 is 0 Å². The molecule has 0 fully saturated rings. The number of nitrogens with zero attached hydrogens (tertiary/aromatic N) is 3. The van der Waals surface area contributed by atoms with Crippen LogP contribution in [0.2, 0.25) is 0 Å². The fourth-order valence-electron chi connectivity index (χ4n) is 1.95. The molecular weight excluding hydrogens is 240 g/mol. The lowest BCUT2D eigenvalue weighted by atomic mass is 10.1. The van der Waals surface area contributed by atoms with Gasteiger partial charge in [-0.2, -0.15) is 0 Å². The molecule has 2 rings (SSSR count). The summed E-state index contributed by atoms with van der Waals surface area (Å²) in [5.74, 6) is 1.34. The lowest BCUT2D eigenvalue weighted by Gasteiger charge is -2.13. The van der Waals surface area contributed by atoms with Gasteiger partial charge in [-0.3, -0.25) is 0 Å². The van der Waals surface area contributed by atoms with Crippen molar-refractivity contribution in [3.8, 4) is 11.4 Å². The van der Waals surface area contributed by atoms with E-state index in [9.17, 15) is 0 Å². The fourth-order valence-corrected chi connectivity index (χ4v) is 1.95. The van der Waals surface area contributed by atoms with Gasteiger partial charge in [-0.05, 0) is 18.1 Å². The summed E-state index contributed by atoms with van der Waals surface area (Å²) in [6.45, 7) is 3.80. The molecule has 0 saturated carbocycles. The lowest BCUT2D eigenvalue weighted by Crippen LogP contribution is -2.15. The molecule has 0 amide bonds. The molecule has 1 atom stereocenters. The number of benzene rings is 1. The summed E-state index contributed by atoms with van der Waals surface area (Å²) in [4.78, 5) is 0. The molecule has 1 aromatic carbocycles. The molecule has 1 unspecified atom stereocenters. The topological polar surface area (TPSA) is 52.0 Å². The van der Waals surface area contributed by atoms with E-state index in [0.717, 1.165) is 30.2 Å². The van der Waals surface area contributed by atoms with Crippen LogP contribution in [-0.2, 0) is 11.8 Å². The predicted molar refractivity (Wildman–Crippen MR) is 76.0 cm³/mol. The van der Waals surface area contributed by atoms with Gasteiger partial charge in [0.2, 0.25) is 0 Å². The zero-order chi connectivity index (χ0) is 13.7. The third kappa shape index (κ3) is 3.54. The molecule has 1 heterocycles. The number of ether oxygens (including phenoxy) is 1. The van der Waals surface area contributed by atoms with Gasteiger partial charge in [0.05, 0.1) is 6.61 Å². The summed E-state index contributed by atoms with van der Waals surface area (Å²) in [7, 11) is 3.67. The van der Waals surface area contributed by atoms with E-state index in [1.165, 1.54) is 0 Å². The maximum atomic E-state index is 5.13. The minimum Gasteiger partial charge on any atom is -0.385 e. The van der Waals surface area contributed by atoms with E-state index < -0.39 is 0 Å². The summed E-state index contributed by atoms with van der Waals surface area (Å²) in [5.41, 5.74) is 2.15. The highest BCUT2D eigenvalue weighted by Gasteiger charge is 2.06. The van der Waals surface area contributed by atoms with Crippen LogP contribution in [0.15, 0.2) is 30.6 Å². The minimum atomic E-state index is 0.475. The van der Waals surface area contributed by atoms with E-state index in [1.54, 1.807) is 13.4 Å². The molecule has 1 N–H and O–H groups in total. The van der Waals surface area contributed by atoms with Gasteiger partial charge in [-0.15, -0.1) is 10.2 Å². The van der Waals surface area contributed by atoms with Crippen LogP contribution in [0.5, 0.6) is 0 Å². The molecule has 2 aromatic rings. The lowest BCUT2D eigenvalue weighted by molar-refractivity contribution is 0.164. The maximum absolute atomic E-state index is 5.13. The molecule has 0 aliphatic heterocycles. The Balaban J connectivity index is 2.06. The minimum absolute atomic E-state index is 0.475. The van der Waals surface area contributed by atoms with Crippen molar-refractivity contribution < 1.29 is 4.74 Å². The first-order chi connectivity index (χ1) is 9.20. The zero-order valence-electron chi connectivity index (χ0n) is 11.6. The van der Waals surface area contributed by atoms with Gasteiger partial charge in [0, 0.05) is 32.0 Å². The molecule has 0 spiro atoms. The number of hydrogen-bond donors (Lipinski definition) is 1. The second kappa shape index (κ2) is 6.33. The molecular formula is C14H20N4O. The van der Waals surface area contributed by atoms with Crippen LogP contribution in [0.25, 0.3) is 11.4 Å². The highest BCUT2D eigenvalue weighted by atomic mass is 16.5. The first-order valence-electron chi connectivity index (χ1n) is 6.38. The van der Waals surface area contributed by atoms with E-state index in [4.69, 9.17) is 4.74 Å². The van der Waals surface area contributed by atoms with Crippen LogP contribution in [0.1, 0.15) is 6.92 Å². The number of nitrogens with one attached hydrogen (secondary N) is 1. The number of hydrogen-bond acceptors (Lipinski definition) is 4. The van der Waals surface area contributed by atoms with Gasteiger partial charge < -0.3 is 14.6 Å². The van der Waals surface area contributed by atoms with Gasteiger partial charge in [0.25, 0.3) is 0 Å². The number of rotatable bonds is 6. The molecule has 5 nitrogen and oxygen atoms in total. The Labute approximate surface area is 113 Å². The van der Waals surface area contributed by atoms with Crippen LogP contribution in [0.3, 0.4) is 0 Å². The second-order valence-electron chi connectivity index (χ2n) is 4.79. The zero-order valence-corrected chi connectivity index (χ0v) is 11.6. The monoisotopic (exact) mass is 260 g/mol. The SMILES string of the molecule is COCC(C)CNc1cccc(-c2nncn2C)c1. The quantitative estimate of drug-likeness (QED) is 0.865. The van der Waals surface area contributed by atoms with E-state index in [1.807, 2.05) is 23.7 Å². The smallest absolute Gasteiger partial charge is 0.163 e. The second-order valence-corrected chi connectivity index (χ2v) is 4.79. The van der Waals surface area contributed by atoms with Gasteiger partial charge in [0.1, 0.15) is 6.33 Å². The molecule has 102 valence electrons. The number of anilines is 1. The Morgan fingerprint density at radius 2 is 2.26 bits per heavy atom. The van der Waals surface area contributed by atoms with Crippen LogP contribution in [-0.4, -0.2) is 35.0 Å². The van der Waals surface area contributed by atoms with Crippen molar-refractivity contribution in [1.29, 1.82) is 0 Å². The third-order valence-electron chi connectivity index (χ3n) is 2.94. The maximum Gasteiger partial charge on any atom is 0.163 e. The van der Waals surface area contributed by atoms with Crippen molar-refractivity contribution in [3.05, 3.63) is 30.6 Å². The molecule has 5 heteroatoms. The Kier molecular flexibility index (Phi) is 4.52. The van der Waals surface area contributed by atoms with E-state index >= 15 is 0 Å². The van der Waals surface area contributed by atoms with E-state index in [2.05, 4.69) is 34.6 Å². The summed E-state index contributed by atoms with van der Waals surface area (Å²) in [6.07, 6.45) is 1.70. The molecule has 0 radical (unpaired) electrons. The van der Waals surface area contributed by atoms with Crippen molar-refractivity contribution in [2.24, 2.45) is 13.0 Å². The van der Waals surface area contributed by atoms with Gasteiger partial charge in [-0.25, -0.2) is 0 Å². The van der Waals surface area contributed by atoms with Crippen LogP contribution in [0.4, 0.5) is 5.69 Å². The molecule has 0 aliphatic rings. The normalized spacial score (nSPS) is 12.4. The number of aromatic nitrogens is 3. The summed E-state index contributed by atoms with van der Waals surface area (Å²) < 4.78 is 7.04. The first kappa shape index (κ1) is 13.5. The largest absolute Gasteiger partial charge is 0.385 e. The Morgan fingerprint density at radius 1 is 1.42 bits per heavy atom. The standard InChI is InChI=1S/C14H20N4O/c1-11(9-19-3)8-15-13-6-4-5-12(7-13)14-17-16-10-18(14)2/h4-7,10-11,15H,8-9H2,1-3H3. The van der Waals surface area contributed by atoms with E-state index in [-0.39, 0.29) is 0 Å². The number of aryl methyl sites for hydroxylation is 1. The molecule has 19 heavy (non-hydrogen) atoms. The molecule has 0 bridgehead atoms. The van der Waals surface area contributed by atoms with Crippen LogP contribution < -0.4 is 5.32 Å². The Hall–Kier alpha value is -1.88. The molecule has 0 aliphatic carbocycles. The fraction of sp³-hybridized carbons (Fsp3) is 0.429. The van der Waals surface area contributed by atoms with Crippen molar-refractivity contribution >= 4 is 5.69 Å². The highest BCUT2D eigenvalue weighted by Crippen LogP contribution is 2.20. The average molecular weight is 260 g/mol. The van der Waals surface area contributed by atoms with Crippen molar-refractivity contribution in [2.75, 3.05) is 25.6 Å². The van der Waals surface area contributed by atoms with E-state index in [0.29, 0.717) is 5.92 Å². The predicted octanol–water partition coefficient (Wildman–Crippen LogP) is 2.18. The first-order valence-corrected chi connectivity index (χ1v) is 6.38. The summed E-state index contributed by atoms with van der Waals surface area (Å²) in [5, 5.41) is 11.4. The van der Waals surface area contributed by atoms with Gasteiger partial charge in [0.15, 0.2) is 5.82 Å². The molecule has 0 saturated heterocycles. The van der Waals surface area contributed by atoms with Crippen LogP contribution >= 0.6 is 0 Å². The third-order valence-corrected chi connectivity index (χ3v) is 2.94. The number of methoxy groups -OCH3 is 1. The average Bonchev–Trinajstić information content (AvgIpc) is 2.83. The Bertz CT molecular complexity index is 524. The van der Waals surface area contributed by atoms with Crippen molar-refractivity contribution in [2.45, 2.75) is 6.92 Å². The highest BCUT2D eigenvalue weighted by molar-refractivity contribution is 5.62. The van der Waals surface area contributed by atoms with Crippen LogP contribution in [0, 0.1) is 5.92 Å². The Morgan fingerprint density at radius 3 is 2.95 bits per heavy atom. The molecule has 1 aromatic heterocycles. The summed E-state index contributed by atoms with van der Waals surface area (Å²) >= 11 is 0. The van der Waals surface area contributed by atoms with Crippen molar-refractivity contribution in [3.63, 3.8) is 0 Å². The summed E-state index contributed by atoms with van der Waals surface area (Å²) in [6, 6.07) is 8.20. The van der Waals surface area contributed by atoms with Crippen molar-refractivity contribution in [1.82, 2.24) is 14.8 Å².